The molecule has 8 heavy (non-hydrogen) atoms. The van der Waals surface area contributed by atoms with E-state index in [2.05, 4.69) is 23.5 Å². The van der Waals surface area contributed by atoms with Crippen molar-refractivity contribution in [2.24, 2.45) is 4.99 Å². The first kappa shape index (κ1) is 6.95. The molecule has 0 aliphatic carbocycles. The summed E-state index contributed by atoms with van der Waals surface area (Å²) in [7, 11) is 1.77. The van der Waals surface area contributed by atoms with E-state index >= 15 is 0 Å². The van der Waals surface area contributed by atoms with Gasteiger partial charge in [0.2, 0.25) is 0 Å². The van der Waals surface area contributed by atoms with Crippen molar-refractivity contribution in [1.82, 2.24) is 5.32 Å². The Bertz CT molecular complexity index is 114. The summed E-state index contributed by atoms with van der Waals surface area (Å²) >= 11 is 0. The van der Waals surface area contributed by atoms with Crippen molar-refractivity contribution in [3.8, 4) is 0 Å². The Hall–Kier alpha value is -1.05. The Morgan fingerprint density at radius 1 is 1.75 bits per heavy atom. The Morgan fingerprint density at radius 2 is 2.38 bits per heavy atom. The normalized spacial score (nSPS) is 9.12. The Labute approximate surface area is 49.6 Å². The lowest BCUT2D eigenvalue weighted by molar-refractivity contribution is 0.977. The van der Waals surface area contributed by atoms with Crippen molar-refractivity contribution in [2.45, 2.75) is 0 Å². The molecule has 0 atom stereocenters. The first-order valence-corrected chi connectivity index (χ1v) is 2.33. The summed E-state index contributed by atoms with van der Waals surface area (Å²) < 4.78 is 0. The molecular weight excluding hydrogens is 100 g/mol. The zero-order valence-electron chi connectivity index (χ0n) is 5.02. The molecule has 0 saturated carbocycles. The minimum atomic E-state index is 0.643. The maximum Gasteiger partial charge on any atom is 0.118 e. The van der Waals surface area contributed by atoms with Crippen LogP contribution in [0, 0.1) is 0 Å². The summed E-state index contributed by atoms with van der Waals surface area (Å²) in [6.45, 7) is 7.00. The SMILES string of the molecule is C=C/C=N\C(=C)NC. The fourth-order valence-electron chi connectivity index (χ4n) is 0.207. The highest BCUT2D eigenvalue weighted by molar-refractivity contribution is 5.71. The van der Waals surface area contributed by atoms with Gasteiger partial charge in [-0.3, -0.25) is 0 Å². The van der Waals surface area contributed by atoms with Gasteiger partial charge in [-0.15, -0.1) is 0 Å². The number of nitrogens with one attached hydrogen (secondary N) is 1. The quantitative estimate of drug-likeness (QED) is 0.537. The molecule has 44 valence electrons. The van der Waals surface area contributed by atoms with Crippen molar-refractivity contribution in [3.63, 3.8) is 0 Å². The molecule has 0 unspecified atom stereocenters. The van der Waals surface area contributed by atoms with Crippen LogP contribution in [0.3, 0.4) is 0 Å². The number of nitrogens with zero attached hydrogens (tertiary/aromatic N) is 1. The van der Waals surface area contributed by atoms with Gasteiger partial charge in [0, 0.05) is 13.3 Å². The van der Waals surface area contributed by atoms with Gasteiger partial charge in [-0.05, 0) is 0 Å². The van der Waals surface area contributed by atoms with E-state index in [1.807, 2.05) is 0 Å². The summed E-state index contributed by atoms with van der Waals surface area (Å²) in [4.78, 5) is 3.81. The van der Waals surface area contributed by atoms with Crippen molar-refractivity contribution in [3.05, 3.63) is 25.1 Å². The first-order valence-electron chi connectivity index (χ1n) is 2.33. The maximum atomic E-state index is 3.81. The predicted molar refractivity (Wildman–Crippen MR) is 36.9 cm³/mol. The highest BCUT2D eigenvalue weighted by Gasteiger charge is 1.73. The van der Waals surface area contributed by atoms with Crippen molar-refractivity contribution in [2.75, 3.05) is 7.05 Å². The third-order valence-corrected chi connectivity index (χ3v) is 0.624. The minimum Gasteiger partial charge on any atom is -0.374 e. The largest absolute Gasteiger partial charge is 0.374 e. The fraction of sp³-hybridized carbons (Fsp3) is 0.167. The van der Waals surface area contributed by atoms with Crippen LogP contribution in [0.4, 0.5) is 0 Å². The predicted octanol–water partition coefficient (Wildman–Crippen LogP) is 0.934. The molecule has 0 fully saturated rings. The Morgan fingerprint density at radius 3 is 2.75 bits per heavy atom. The van der Waals surface area contributed by atoms with Crippen LogP contribution in [0.15, 0.2) is 30.0 Å². The zero-order valence-corrected chi connectivity index (χ0v) is 5.02. The second-order valence-corrected chi connectivity index (χ2v) is 1.21. The van der Waals surface area contributed by atoms with E-state index in [1.54, 1.807) is 19.3 Å². The number of aliphatic imine (C=N–C) groups is 1. The molecule has 0 amide bonds. The second-order valence-electron chi connectivity index (χ2n) is 1.21. The molecule has 2 heteroatoms. The molecule has 0 aliphatic rings. The van der Waals surface area contributed by atoms with E-state index in [-0.39, 0.29) is 0 Å². The number of allylic oxidation sites excluding steroid dienone is 1. The van der Waals surface area contributed by atoms with Crippen LogP contribution in [0.5, 0.6) is 0 Å². The first-order chi connectivity index (χ1) is 3.81. The van der Waals surface area contributed by atoms with Crippen LogP contribution in [0.2, 0.25) is 0 Å². The molecule has 2 nitrogen and oxygen atoms in total. The van der Waals surface area contributed by atoms with Crippen molar-refractivity contribution < 1.29 is 0 Å². The van der Waals surface area contributed by atoms with E-state index in [1.165, 1.54) is 0 Å². The third-order valence-electron chi connectivity index (χ3n) is 0.624. The topological polar surface area (TPSA) is 24.4 Å². The summed E-state index contributed by atoms with van der Waals surface area (Å²) in [5.41, 5.74) is 0. The van der Waals surface area contributed by atoms with Crippen molar-refractivity contribution in [1.29, 1.82) is 0 Å². The van der Waals surface area contributed by atoms with Gasteiger partial charge in [-0.1, -0.05) is 19.2 Å². The molecule has 0 aromatic heterocycles. The third kappa shape index (κ3) is 3.15. The van der Waals surface area contributed by atoms with Gasteiger partial charge >= 0.3 is 0 Å². The summed E-state index contributed by atoms with van der Waals surface area (Å²) in [5, 5.41) is 2.76. The molecule has 0 saturated heterocycles. The molecule has 0 bridgehead atoms. The lowest BCUT2D eigenvalue weighted by Crippen LogP contribution is -2.00. The van der Waals surface area contributed by atoms with Gasteiger partial charge in [0.15, 0.2) is 0 Å². The molecule has 0 rings (SSSR count). The lowest BCUT2D eigenvalue weighted by Gasteiger charge is -1.91. The van der Waals surface area contributed by atoms with Crippen LogP contribution in [0.1, 0.15) is 0 Å². The Kier molecular flexibility index (Phi) is 3.58. The summed E-state index contributed by atoms with van der Waals surface area (Å²) in [6.07, 6.45) is 3.18. The maximum absolute atomic E-state index is 3.81. The van der Waals surface area contributed by atoms with E-state index in [9.17, 15) is 0 Å². The van der Waals surface area contributed by atoms with Crippen molar-refractivity contribution >= 4 is 6.21 Å². The van der Waals surface area contributed by atoms with E-state index in [0.29, 0.717) is 5.82 Å². The molecule has 0 heterocycles. The highest BCUT2D eigenvalue weighted by Crippen LogP contribution is 1.79. The van der Waals surface area contributed by atoms with E-state index < -0.39 is 0 Å². The van der Waals surface area contributed by atoms with Crippen LogP contribution >= 0.6 is 0 Å². The van der Waals surface area contributed by atoms with Gasteiger partial charge < -0.3 is 5.32 Å². The second kappa shape index (κ2) is 4.12. The number of rotatable bonds is 3. The molecular formula is C6H10N2. The van der Waals surface area contributed by atoms with Crippen LogP contribution in [0.25, 0.3) is 0 Å². The Balaban J connectivity index is 3.52. The highest BCUT2D eigenvalue weighted by atomic mass is 15.0. The molecule has 0 aromatic rings. The molecule has 0 aromatic carbocycles. The number of hydrogen-bond donors (Lipinski definition) is 1. The average Bonchev–Trinajstić information content (AvgIpc) is 1.83. The van der Waals surface area contributed by atoms with E-state index in [4.69, 9.17) is 0 Å². The fourth-order valence-corrected chi connectivity index (χ4v) is 0.207. The minimum absolute atomic E-state index is 0.643. The monoisotopic (exact) mass is 110 g/mol. The smallest absolute Gasteiger partial charge is 0.118 e. The summed E-state index contributed by atoms with van der Waals surface area (Å²) in [6, 6.07) is 0. The van der Waals surface area contributed by atoms with Gasteiger partial charge in [-0.2, -0.15) is 0 Å². The molecule has 1 N–H and O–H groups in total. The average molecular weight is 110 g/mol. The van der Waals surface area contributed by atoms with Gasteiger partial charge in [0.05, 0.1) is 0 Å². The molecule has 0 aliphatic heterocycles. The number of hydrogen-bond acceptors (Lipinski definition) is 2. The lowest BCUT2D eigenvalue weighted by atomic mass is 10.7. The molecule has 0 spiro atoms. The van der Waals surface area contributed by atoms with Gasteiger partial charge in [-0.25, -0.2) is 4.99 Å². The summed E-state index contributed by atoms with van der Waals surface area (Å²) in [5.74, 6) is 0.643. The van der Waals surface area contributed by atoms with Crippen LogP contribution in [-0.2, 0) is 0 Å². The van der Waals surface area contributed by atoms with Gasteiger partial charge in [0.25, 0.3) is 0 Å². The van der Waals surface area contributed by atoms with E-state index in [0.717, 1.165) is 0 Å². The van der Waals surface area contributed by atoms with Crippen LogP contribution < -0.4 is 5.32 Å². The standard InChI is InChI=1S/C6H10N2/c1-4-5-8-6(2)7-3/h4-5,7H,1-2H2,3H3/b8-5-. The zero-order chi connectivity index (χ0) is 6.41. The van der Waals surface area contributed by atoms with Crippen LogP contribution in [-0.4, -0.2) is 13.3 Å². The van der Waals surface area contributed by atoms with Gasteiger partial charge in [0.1, 0.15) is 5.82 Å². The molecule has 0 radical (unpaired) electrons.